The summed E-state index contributed by atoms with van der Waals surface area (Å²) in [6.07, 6.45) is 0. The van der Waals surface area contributed by atoms with E-state index >= 15 is 0 Å². The Hall–Kier alpha value is -2.47. The third-order valence-electron chi connectivity index (χ3n) is 3.22. The van der Waals surface area contributed by atoms with E-state index in [1.54, 1.807) is 12.1 Å². The fourth-order valence-electron chi connectivity index (χ4n) is 2.22. The van der Waals surface area contributed by atoms with Crippen LogP contribution in [0, 0.1) is 31.0 Å². The van der Waals surface area contributed by atoms with Crippen LogP contribution in [0.3, 0.4) is 0 Å². The van der Waals surface area contributed by atoms with Crippen LogP contribution in [0.5, 0.6) is 0 Å². The highest BCUT2D eigenvalue weighted by molar-refractivity contribution is 6.03. The standard InChI is InChI=1S/C17H14FNO/c1-11-6-7-15(12(2)8-11)17(20)16(10-19)13-4-3-5-14(18)9-13/h3-9,16H,1-2H3. The summed E-state index contributed by atoms with van der Waals surface area (Å²) in [5, 5.41) is 9.25. The van der Waals surface area contributed by atoms with Crippen LogP contribution in [0.1, 0.15) is 33.0 Å². The Morgan fingerprint density at radius 3 is 2.55 bits per heavy atom. The zero-order chi connectivity index (χ0) is 14.7. The Morgan fingerprint density at radius 1 is 1.20 bits per heavy atom. The summed E-state index contributed by atoms with van der Waals surface area (Å²) in [7, 11) is 0. The number of benzene rings is 2. The lowest BCUT2D eigenvalue weighted by Gasteiger charge is -2.11. The summed E-state index contributed by atoms with van der Waals surface area (Å²) in [6.45, 7) is 3.77. The molecule has 2 nitrogen and oxygen atoms in total. The average molecular weight is 267 g/mol. The zero-order valence-electron chi connectivity index (χ0n) is 11.4. The van der Waals surface area contributed by atoms with Gasteiger partial charge in [-0.3, -0.25) is 4.79 Å². The molecule has 0 bridgehead atoms. The first-order chi connectivity index (χ1) is 9.52. The molecule has 0 spiro atoms. The summed E-state index contributed by atoms with van der Waals surface area (Å²) in [4.78, 5) is 12.5. The van der Waals surface area contributed by atoms with Crippen molar-refractivity contribution in [3.63, 3.8) is 0 Å². The lowest BCUT2D eigenvalue weighted by Crippen LogP contribution is -2.13. The Kier molecular flexibility index (Phi) is 3.95. The van der Waals surface area contributed by atoms with E-state index in [4.69, 9.17) is 0 Å². The molecule has 0 aliphatic carbocycles. The lowest BCUT2D eigenvalue weighted by atomic mass is 9.89. The minimum absolute atomic E-state index is 0.296. The van der Waals surface area contributed by atoms with Crippen molar-refractivity contribution in [1.29, 1.82) is 5.26 Å². The SMILES string of the molecule is Cc1ccc(C(=O)C(C#N)c2cccc(F)c2)c(C)c1. The third-order valence-corrected chi connectivity index (χ3v) is 3.22. The molecule has 2 aromatic rings. The van der Waals surface area contributed by atoms with Crippen LogP contribution in [-0.2, 0) is 0 Å². The second-order valence-corrected chi connectivity index (χ2v) is 4.80. The number of hydrogen-bond donors (Lipinski definition) is 0. The molecule has 1 unspecified atom stereocenters. The van der Waals surface area contributed by atoms with Crippen LogP contribution >= 0.6 is 0 Å². The van der Waals surface area contributed by atoms with Crippen molar-refractivity contribution in [3.05, 3.63) is 70.5 Å². The number of aryl methyl sites for hydroxylation is 2. The third kappa shape index (κ3) is 2.75. The van der Waals surface area contributed by atoms with Gasteiger partial charge in [0.05, 0.1) is 6.07 Å². The first-order valence-electron chi connectivity index (χ1n) is 6.29. The highest BCUT2D eigenvalue weighted by atomic mass is 19.1. The summed E-state index contributed by atoms with van der Waals surface area (Å²) in [6, 6.07) is 13.0. The number of carbonyl (C=O) groups excluding carboxylic acids is 1. The molecule has 0 saturated carbocycles. The minimum Gasteiger partial charge on any atom is -0.292 e. The number of ketones is 1. The maximum Gasteiger partial charge on any atom is 0.184 e. The molecular formula is C17H14FNO. The van der Waals surface area contributed by atoms with Gasteiger partial charge in [0.1, 0.15) is 11.7 Å². The van der Waals surface area contributed by atoms with E-state index < -0.39 is 11.7 Å². The van der Waals surface area contributed by atoms with Gasteiger partial charge in [-0.15, -0.1) is 0 Å². The molecule has 0 fully saturated rings. The van der Waals surface area contributed by atoms with Gasteiger partial charge in [0, 0.05) is 5.56 Å². The van der Waals surface area contributed by atoms with Gasteiger partial charge in [0.15, 0.2) is 5.78 Å². The fourth-order valence-corrected chi connectivity index (χ4v) is 2.22. The first kappa shape index (κ1) is 14.0. The fraction of sp³-hybridized carbons (Fsp3) is 0.176. The highest BCUT2D eigenvalue weighted by Gasteiger charge is 2.23. The zero-order valence-corrected chi connectivity index (χ0v) is 11.4. The first-order valence-corrected chi connectivity index (χ1v) is 6.29. The largest absolute Gasteiger partial charge is 0.292 e. The second kappa shape index (κ2) is 5.66. The van der Waals surface area contributed by atoms with Crippen LogP contribution in [0.15, 0.2) is 42.5 Å². The Morgan fingerprint density at radius 2 is 1.95 bits per heavy atom. The topological polar surface area (TPSA) is 40.9 Å². The molecule has 2 rings (SSSR count). The van der Waals surface area contributed by atoms with Gasteiger partial charge in [-0.25, -0.2) is 4.39 Å². The lowest BCUT2D eigenvalue weighted by molar-refractivity contribution is 0.0978. The number of rotatable bonds is 3. The second-order valence-electron chi connectivity index (χ2n) is 4.80. The quantitative estimate of drug-likeness (QED) is 0.790. The predicted molar refractivity (Wildman–Crippen MR) is 75.0 cm³/mol. The van der Waals surface area contributed by atoms with Crippen molar-refractivity contribution in [1.82, 2.24) is 0 Å². The molecule has 3 heteroatoms. The van der Waals surface area contributed by atoms with Crippen LogP contribution < -0.4 is 0 Å². The van der Waals surface area contributed by atoms with Crippen molar-refractivity contribution in [3.8, 4) is 6.07 Å². The van der Waals surface area contributed by atoms with Gasteiger partial charge < -0.3 is 0 Å². The van der Waals surface area contributed by atoms with Crippen molar-refractivity contribution < 1.29 is 9.18 Å². The van der Waals surface area contributed by atoms with Crippen molar-refractivity contribution in [2.75, 3.05) is 0 Å². The molecule has 0 saturated heterocycles. The van der Waals surface area contributed by atoms with Crippen LogP contribution in [0.4, 0.5) is 4.39 Å². The molecule has 2 aromatic carbocycles. The number of hydrogen-bond acceptors (Lipinski definition) is 2. The molecule has 0 amide bonds. The molecule has 0 aliphatic rings. The minimum atomic E-state index is -0.980. The Balaban J connectivity index is 2.42. The van der Waals surface area contributed by atoms with Gasteiger partial charge in [-0.1, -0.05) is 35.9 Å². The molecule has 0 heterocycles. The van der Waals surface area contributed by atoms with E-state index in [0.29, 0.717) is 11.1 Å². The molecular weight excluding hydrogens is 253 g/mol. The molecule has 0 radical (unpaired) electrons. The van der Waals surface area contributed by atoms with Crippen molar-refractivity contribution >= 4 is 5.78 Å². The van der Waals surface area contributed by atoms with E-state index in [2.05, 4.69) is 0 Å². The summed E-state index contributed by atoms with van der Waals surface area (Å²) in [5.74, 6) is -1.72. The van der Waals surface area contributed by atoms with E-state index in [1.165, 1.54) is 18.2 Å². The Bertz CT molecular complexity index is 700. The van der Waals surface area contributed by atoms with E-state index in [-0.39, 0.29) is 5.78 Å². The van der Waals surface area contributed by atoms with E-state index in [0.717, 1.165) is 11.1 Å². The van der Waals surface area contributed by atoms with Gasteiger partial charge in [0.25, 0.3) is 0 Å². The predicted octanol–water partition coefficient (Wildman–Crippen LogP) is 3.93. The summed E-state index contributed by atoms with van der Waals surface area (Å²) < 4.78 is 13.2. The highest BCUT2D eigenvalue weighted by Crippen LogP contribution is 2.23. The van der Waals surface area contributed by atoms with Gasteiger partial charge in [0.2, 0.25) is 0 Å². The van der Waals surface area contributed by atoms with Gasteiger partial charge in [-0.05, 0) is 37.1 Å². The number of Topliss-reactive ketones (excluding diaryl/α,β-unsaturated/α-hetero) is 1. The molecule has 0 aromatic heterocycles. The molecule has 0 aliphatic heterocycles. The van der Waals surface area contributed by atoms with E-state index in [9.17, 15) is 14.4 Å². The van der Waals surface area contributed by atoms with Crippen molar-refractivity contribution in [2.24, 2.45) is 0 Å². The molecule has 20 heavy (non-hydrogen) atoms. The Labute approximate surface area is 117 Å². The molecule has 0 N–H and O–H groups in total. The number of carbonyl (C=O) groups is 1. The average Bonchev–Trinajstić information content (AvgIpc) is 2.39. The van der Waals surface area contributed by atoms with Crippen molar-refractivity contribution in [2.45, 2.75) is 19.8 Å². The van der Waals surface area contributed by atoms with E-state index in [1.807, 2.05) is 32.0 Å². The molecule has 1 atom stereocenters. The summed E-state index contributed by atoms with van der Waals surface area (Å²) >= 11 is 0. The van der Waals surface area contributed by atoms with Gasteiger partial charge >= 0.3 is 0 Å². The number of nitriles is 1. The van der Waals surface area contributed by atoms with Crippen LogP contribution in [0.25, 0.3) is 0 Å². The number of halogens is 1. The van der Waals surface area contributed by atoms with Crippen LogP contribution in [0.2, 0.25) is 0 Å². The maximum atomic E-state index is 13.2. The normalized spacial score (nSPS) is 11.7. The number of nitrogens with zero attached hydrogens (tertiary/aromatic N) is 1. The van der Waals surface area contributed by atoms with Crippen LogP contribution in [-0.4, -0.2) is 5.78 Å². The monoisotopic (exact) mass is 267 g/mol. The molecule has 100 valence electrons. The maximum absolute atomic E-state index is 13.2. The summed E-state index contributed by atoms with van der Waals surface area (Å²) in [5.41, 5.74) is 2.77. The van der Waals surface area contributed by atoms with Gasteiger partial charge in [-0.2, -0.15) is 5.26 Å². The smallest absolute Gasteiger partial charge is 0.184 e.